The van der Waals surface area contributed by atoms with Crippen LogP contribution in [0.1, 0.15) is 13.8 Å². The molecule has 0 aliphatic carbocycles. The first-order chi connectivity index (χ1) is 11.4. The van der Waals surface area contributed by atoms with Crippen molar-refractivity contribution in [3.05, 3.63) is 24.3 Å². The van der Waals surface area contributed by atoms with Crippen LogP contribution in [-0.2, 0) is 4.79 Å². The van der Waals surface area contributed by atoms with Crippen molar-refractivity contribution in [2.75, 3.05) is 7.11 Å². The normalized spacial score (nSPS) is 12.0. The van der Waals surface area contributed by atoms with Crippen molar-refractivity contribution < 1.29 is 14.3 Å². The molecule has 2 rings (SSSR count). The third-order valence-electron chi connectivity index (χ3n) is 3.17. The number of hydrogen-bond donors (Lipinski definition) is 3. The number of carbonyl (C=O) groups excluding carboxylic acids is 2. The van der Waals surface area contributed by atoms with Crippen LogP contribution in [0.3, 0.4) is 0 Å². The summed E-state index contributed by atoms with van der Waals surface area (Å²) in [4.78, 5) is 27.3. The Morgan fingerprint density at radius 1 is 1.29 bits per heavy atom. The predicted octanol–water partition coefficient (Wildman–Crippen LogP) is 1.79. The Balaban J connectivity index is 2.13. The molecule has 0 unspecified atom stereocenters. The third kappa shape index (κ3) is 4.48. The van der Waals surface area contributed by atoms with Gasteiger partial charge in [0.25, 0.3) is 0 Å². The lowest BCUT2D eigenvalue weighted by Crippen LogP contribution is -2.42. The van der Waals surface area contributed by atoms with Gasteiger partial charge in [-0.15, -0.1) is 5.10 Å². The average Bonchev–Trinajstić information content (AvgIpc) is 3.00. The number of nitrogens with two attached hydrogens (primary N) is 1. The molecule has 0 bridgehead atoms. The molecule has 1 atom stereocenters. The summed E-state index contributed by atoms with van der Waals surface area (Å²) in [5, 5.41) is 8.94. The molecule has 3 amide bonds. The molecule has 1 heterocycles. The van der Waals surface area contributed by atoms with Gasteiger partial charge in [-0.1, -0.05) is 25.6 Å². The summed E-state index contributed by atoms with van der Waals surface area (Å²) >= 11 is 1.17. The number of nitrogens with one attached hydrogen (secondary N) is 2. The lowest BCUT2D eigenvalue weighted by molar-refractivity contribution is -0.120. The number of nitrogens with zero attached hydrogens (tertiary/aromatic N) is 2. The number of aromatic nitrogens is 3. The number of thioether (sulfide) groups is 1. The zero-order valence-corrected chi connectivity index (χ0v) is 14.4. The van der Waals surface area contributed by atoms with E-state index in [-0.39, 0.29) is 5.92 Å². The van der Waals surface area contributed by atoms with Crippen molar-refractivity contribution in [3.8, 4) is 17.1 Å². The number of primary amides is 1. The van der Waals surface area contributed by atoms with Gasteiger partial charge >= 0.3 is 6.03 Å². The van der Waals surface area contributed by atoms with Crippen LogP contribution >= 0.6 is 11.8 Å². The Hall–Kier alpha value is -2.55. The summed E-state index contributed by atoms with van der Waals surface area (Å²) in [6.07, 6.45) is 0. The van der Waals surface area contributed by atoms with E-state index < -0.39 is 17.2 Å². The van der Waals surface area contributed by atoms with Crippen LogP contribution < -0.4 is 15.8 Å². The number of amides is 3. The van der Waals surface area contributed by atoms with Crippen LogP contribution in [0, 0.1) is 5.92 Å². The van der Waals surface area contributed by atoms with Gasteiger partial charge < -0.3 is 10.5 Å². The van der Waals surface area contributed by atoms with Gasteiger partial charge in [0.05, 0.1) is 12.4 Å². The molecular formula is C15H19N5O3S. The van der Waals surface area contributed by atoms with Crippen molar-refractivity contribution in [1.29, 1.82) is 0 Å². The van der Waals surface area contributed by atoms with Crippen molar-refractivity contribution in [2.24, 2.45) is 11.7 Å². The van der Waals surface area contributed by atoms with Crippen molar-refractivity contribution in [2.45, 2.75) is 24.3 Å². The quantitative estimate of drug-likeness (QED) is 0.683. The van der Waals surface area contributed by atoms with Crippen molar-refractivity contribution in [1.82, 2.24) is 20.5 Å². The van der Waals surface area contributed by atoms with Crippen LogP contribution in [0.5, 0.6) is 5.75 Å². The largest absolute Gasteiger partial charge is 0.497 e. The van der Waals surface area contributed by atoms with Crippen LogP contribution in [0.4, 0.5) is 4.79 Å². The second-order valence-corrected chi connectivity index (χ2v) is 6.44. The Bertz CT molecular complexity index is 714. The first kappa shape index (κ1) is 17.8. The minimum atomic E-state index is -0.875. The lowest BCUT2D eigenvalue weighted by atomic mass is 10.1. The monoisotopic (exact) mass is 349 g/mol. The van der Waals surface area contributed by atoms with E-state index in [1.807, 2.05) is 38.1 Å². The molecule has 2 aromatic rings. The molecule has 128 valence electrons. The molecule has 1 aromatic heterocycles. The number of H-pyrrole nitrogens is 1. The summed E-state index contributed by atoms with van der Waals surface area (Å²) in [7, 11) is 1.60. The van der Waals surface area contributed by atoms with Crippen LogP contribution in [0.15, 0.2) is 29.4 Å². The molecule has 0 saturated carbocycles. The molecule has 4 N–H and O–H groups in total. The van der Waals surface area contributed by atoms with Crippen LogP contribution in [0.2, 0.25) is 0 Å². The number of benzene rings is 1. The Morgan fingerprint density at radius 3 is 2.50 bits per heavy atom. The fourth-order valence-electron chi connectivity index (χ4n) is 1.98. The van der Waals surface area contributed by atoms with Crippen LogP contribution in [-0.4, -0.2) is 39.5 Å². The molecule has 8 nitrogen and oxygen atoms in total. The topological polar surface area (TPSA) is 123 Å². The third-order valence-corrected chi connectivity index (χ3v) is 4.58. The predicted molar refractivity (Wildman–Crippen MR) is 90.6 cm³/mol. The van der Waals surface area contributed by atoms with E-state index in [1.54, 1.807) is 7.11 Å². The maximum absolute atomic E-state index is 12.0. The number of urea groups is 1. The second-order valence-electron chi connectivity index (χ2n) is 5.33. The van der Waals surface area contributed by atoms with Crippen molar-refractivity contribution in [3.63, 3.8) is 0 Å². The maximum Gasteiger partial charge on any atom is 0.318 e. The van der Waals surface area contributed by atoms with Gasteiger partial charge in [0.2, 0.25) is 11.1 Å². The SMILES string of the molecule is COc1ccc(-c2nc(S[C@H](C(=O)NC(N)=O)C(C)C)n[nH]2)cc1. The van der Waals surface area contributed by atoms with E-state index in [0.29, 0.717) is 11.0 Å². The minimum Gasteiger partial charge on any atom is -0.497 e. The van der Waals surface area contributed by atoms with E-state index in [2.05, 4.69) is 20.5 Å². The van der Waals surface area contributed by atoms with E-state index in [4.69, 9.17) is 10.5 Å². The second kappa shape index (κ2) is 7.82. The number of aromatic amines is 1. The highest BCUT2D eigenvalue weighted by Crippen LogP contribution is 2.27. The van der Waals surface area contributed by atoms with Gasteiger partial charge in [-0.05, 0) is 30.2 Å². The lowest BCUT2D eigenvalue weighted by Gasteiger charge is -2.16. The molecule has 0 fully saturated rings. The summed E-state index contributed by atoms with van der Waals surface area (Å²) in [5.41, 5.74) is 5.85. The average molecular weight is 349 g/mol. The van der Waals surface area contributed by atoms with Gasteiger partial charge in [-0.2, -0.15) is 0 Å². The summed E-state index contributed by atoms with van der Waals surface area (Å²) in [6.45, 7) is 3.74. The number of ether oxygens (including phenoxy) is 1. The highest BCUT2D eigenvalue weighted by atomic mass is 32.2. The maximum atomic E-state index is 12.0. The molecule has 9 heteroatoms. The smallest absolute Gasteiger partial charge is 0.318 e. The summed E-state index contributed by atoms with van der Waals surface area (Å²) in [6, 6.07) is 6.48. The summed E-state index contributed by atoms with van der Waals surface area (Å²) < 4.78 is 5.11. The van der Waals surface area contributed by atoms with Gasteiger partial charge in [-0.25, -0.2) is 9.78 Å². The molecule has 0 radical (unpaired) electrons. The Labute approximate surface area is 143 Å². The van der Waals surface area contributed by atoms with E-state index in [0.717, 1.165) is 11.3 Å². The van der Waals surface area contributed by atoms with E-state index >= 15 is 0 Å². The number of rotatable bonds is 6. The molecular weight excluding hydrogens is 330 g/mol. The molecule has 1 aromatic carbocycles. The van der Waals surface area contributed by atoms with Gasteiger partial charge in [0.15, 0.2) is 5.82 Å². The van der Waals surface area contributed by atoms with Gasteiger partial charge in [-0.3, -0.25) is 15.2 Å². The van der Waals surface area contributed by atoms with E-state index in [9.17, 15) is 9.59 Å². The Morgan fingerprint density at radius 2 is 1.96 bits per heavy atom. The molecule has 24 heavy (non-hydrogen) atoms. The molecule has 0 saturated heterocycles. The highest BCUT2D eigenvalue weighted by Gasteiger charge is 2.26. The van der Waals surface area contributed by atoms with Crippen molar-refractivity contribution >= 4 is 23.7 Å². The number of carbonyl (C=O) groups is 2. The molecule has 0 aliphatic rings. The van der Waals surface area contributed by atoms with Crippen LogP contribution in [0.25, 0.3) is 11.4 Å². The number of hydrogen-bond acceptors (Lipinski definition) is 6. The van der Waals surface area contributed by atoms with Gasteiger partial charge in [0, 0.05) is 5.56 Å². The fraction of sp³-hybridized carbons (Fsp3) is 0.333. The zero-order valence-electron chi connectivity index (χ0n) is 13.6. The summed E-state index contributed by atoms with van der Waals surface area (Å²) in [5.74, 6) is 0.837. The minimum absolute atomic E-state index is 0.0303. The number of imide groups is 1. The van der Waals surface area contributed by atoms with Gasteiger partial charge in [0.1, 0.15) is 5.75 Å². The fourth-order valence-corrected chi connectivity index (χ4v) is 2.88. The number of methoxy groups -OCH3 is 1. The Kier molecular flexibility index (Phi) is 5.80. The molecule has 0 spiro atoms. The van der Waals surface area contributed by atoms with E-state index in [1.165, 1.54) is 11.8 Å². The zero-order chi connectivity index (χ0) is 17.7. The highest BCUT2D eigenvalue weighted by molar-refractivity contribution is 8.00. The first-order valence-corrected chi connectivity index (χ1v) is 8.12. The standard InChI is InChI=1S/C15H19N5O3S/c1-8(2)11(13(21)18-14(16)22)24-15-17-12(19-20-15)9-4-6-10(23-3)7-5-9/h4-8,11H,1-3H3,(H,17,19,20)(H3,16,18,21,22)/t11-/m0/s1. The molecule has 0 aliphatic heterocycles. The first-order valence-electron chi connectivity index (χ1n) is 7.24.